The molecule has 0 saturated carbocycles. The standard InChI is InChI=1S/C14H20NO3/c1-18-13-7-8-15(12(10-16)14(13)17)9-11-5-3-2-4-6-11/h2-7,12-14,16-17H,8-10H2,1H3. The maximum absolute atomic E-state index is 10.1. The molecule has 0 amide bonds. The summed E-state index contributed by atoms with van der Waals surface area (Å²) in [6.07, 6.45) is 0.964. The van der Waals surface area contributed by atoms with Gasteiger partial charge in [-0.1, -0.05) is 30.3 Å². The molecule has 1 radical (unpaired) electrons. The molecule has 4 heteroatoms. The van der Waals surface area contributed by atoms with E-state index >= 15 is 0 Å². The van der Waals surface area contributed by atoms with E-state index in [0.29, 0.717) is 6.54 Å². The smallest absolute Gasteiger partial charge is 0.0982 e. The largest absolute Gasteiger partial charge is 0.395 e. The van der Waals surface area contributed by atoms with E-state index in [-0.39, 0.29) is 18.8 Å². The second kappa shape index (κ2) is 6.29. The first-order valence-electron chi connectivity index (χ1n) is 6.19. The summed E-state index contributed by atoms with van der Waals surface area (Å²) in [7, 11) is 1.58. The third-order valence-electron chi connectivity index (χ3n) is 3.46. The van der Waals surface area contributed by atoms with Gasteiger partial charge in [0.2, 0.25) is 0 Å². The van der Waals surface area contributed by atoms with Crippen LogP contribution in [0.3, 0.4) is 0 Å². The van der Waals surface area contributed by atoms with Gasteiger partial charge in [0.25, 0.3) is 0 Å². The summed E-state index contributed by atoms with van der Waals surface area (Å²) in [5, 5.41) is 19.6. The first kappa shape index (κ1) is 13.5. The predicted molar refractivity (Wildman–Crippen MR) is 68.8 cm³/mol. The Morgan fingerprint density at radius 2 is 2.06 bits per heavy atom. The number of methoxy groups -OCH3 is 1. The minimum Gasteiger partial charge on any atom is -0.395 e. The number of piperidine rings is 1. The summed E-state index contributed by atoms with van der Waals surface area (Å²) in [5.74, 6) is 0. The molecule has 3 atom stereocenters. The van der Waals surface area contributed by atoms with Gasteiger partial charge in [0.15, 0.2) is 0 Å². The quantitative estimate of drug-likeness (QED) is 0.814. The van der Waals surface area contributed by atoms with Gasteiger partial charge in [0.05, 0.1) is 24.9 Å². The summed E-state index contributed by atoms with van der Waals surface area (Å²) < 4.78 is 5.19. The van der Waals surface area contributed by atoms with Crippen molar-refractivity contribution >= 4 is 0 Å². The van der Waals surface area contributed by atoms with Crippen molar-refractivity contribution in [1.29, 1.82) is 0 Å². The van der Waals surface area contributed by atoms with Crippen LogP contribution in [0.5, 0.6) is 0 Å². The monoisotopic (exact) mass is 250 g/mol. The van der Waals surface area contributed by atoms with Gasteiger partial charge in [-0.3, -0.25) is 4.90 Å². The van der Waals surface area contributed by atoms with Crippen molar-refractivity contribution in [1.82, 2.24) is 4.90 Å². The highest BCUT2D eigenvalue weighted by Gasteiger charge is 2.36. The molecule has 1 fully saturated rings. The van der Waals surface area contributed by atoms with Crippen LogP contribution in [0.4, 0.5) is 0 Å². The van der Waals surface area contributed by atoms with Crippen molar-refractivity contribution in [3.63, 3.8) is 0 Å². The zero-order valence-electron chi connectivity index (χ0n) is 10.6. The van der Waals surface area contributed by atoms with E-state index in [1.54, 1.807) is 7.11 Å². The number of benzene rings is 1. The van der Waals surface area contributed by atoms with Crippen LogP contribution in [0.1, 0.15) is 5.56 Å². The first-order chi connectivity index (χ1) is 8.76. The maximum Gasteiger partial charge on any atom is 0.0982 e. The molecule has 1 aromatic rings. The second-order valence-corrected chi connectivity index (χ2v) is 4.59. The molecule has 0 aromatic heterocycles. The molecular formula is C14H20NO3. The third-order valence-corrected chi connectivity index (χ3v) is 3.46. The molecule has 18 heavy (non-hydrogen) atoms. The van der Waals surface area contributed by atoms with E-state index in [1.165, 1.54) is 5.56 Å². The molecule has 3 unspecified atom stereocenters. The van der Waals surface area contributed by atoms with E-state index in [2.05, 4.69) is 4.90 Å². The molecule has 2 N–H and O–H groups in total. The highest BCUT2D eigenvalue weighted by atomic mass is 16.5. The molecule has 1 aromatic carbocycles. The first-order valence-corrected chi connectivity index (χ1v) is 6.19. The topological polar surface area (TPSA) is 52.9 Å². The molecule has 4 nitrogen and oxygen atoms in total. The summed E-state index contributed by atoms with van der Waals surface area (Å²) in [5.41, 5.74) is 1.17. The summed E-state index contributed by atoms with van der Waals surface area (Å²) in [6, 6.07) is 9.77. The SMILES string of the molecule is COC1[CH]CN(Cc2ccccc2)C(CO)C1O. The summed E-state index contributed by atoms with van der Waals surface area (Å²) in [6.45, 7) is 1.35. The van der Waals surface area contributed by atoms with Crippen molar-refractivity contribution in [2.24, 2.45) is 0 Å². The van der Waals surface area contributed by atoms with Gasteiger partial charge in [0.1, 0.15) is 0 Å². The Kier molecular flexibility index (Phi) is 4.72. The lowest BCUT2D eigenvalue weighted by atomic mass is 9.95. The van der Waals surface area contributed by atoms with E-state index in [1.807, 2.05) is 36.8 Å². The van der Waals surface area contributed by atoms with Crippen molar-refractivity contribution in [3.8, 4) is 0 Å². The van der Waals surface area contributed by atoms with Gasteiger partial charge in [-0.05, 0) is 5.56 Å². The number of rotatable bonds is 4. The molecule has 0 spiro atoms. The van der Waals surface area contributed by atoms with Gasteiger partial charge in [-0.15, -0.1) is 0 Å². The molecule has 2 rings (SSSR count). The molecular weight excluding hydrogens is 230 g/mol. The summed E-state index contributed by atoms with van der Waals surface area (Å²) >= 11 is 0. The average Bonchev–Trinajstić information content (AvgIpc) is 2.40. The number of hydrogen-bond acceptors (Lipinski definition) is 4. The van der Waals surface area contributed by atoms with Gasteiger partial charge in [0, 0.05) is 26.6 Å². The van der Waals surface area contributed by atoms with Crippen molar-refractivity contribution < 1.29 is 14.9 Å². The lowest BCUT2D eigenvalue weighted by Crippen LogP contribution is -2.56. The predicted octanol–water partition coefficient (Wildman–Crippen LogP) is 0.443. The van der Waals surface area contributed by atoms with Gasteiger partial charge >= 0.3 is 0 Å². The fourth-order valence-corrected chi connectivity index (χ4v) is 2.41. The minimum atomic E-state index is -0.683. The van der Waals surface area contributed by atoms with Crippen LogP contribution in [0.25, 0.3) is 0 Å². The van der Waals surface area contributed by atoms with E-state index in [4.69, 9.17) is 4.74 Å². The second-order valence-electron chi connectivity index (χ2n) is 4.59. The molecule has 1 aliphatic heterocycles. The number of aliphatic hydroxyl groups is 2. The van der Waals surface area contributed by atoms with E-state index < -0.39 is 6.10 Å². The van der Waals surface area contributed by atoms with Crippen LogP contribution in [0, 0.1) is 6.42 Å². The Morgan fingerprint density at radius 1 is 1.33 bits per heavy atom. The lowest BCUT2D eigenvalue weighted by Gasteiger charge is -2.41. The molecule has 99 valence electrons. The molecule has 1 aliphatic rings. The highest BCUT2D eigenvalue weighted by molar-refractivity contribution is 5.15. The normalized spacial score (nSPS) is 29.4. The fourth-order valence-electron chi connectivity index (χ4n) is 2.41. The molecule has 0 bridgehead atoms. The molecule has 1 heterocycles. The van der Waals surface area contributed by atoms with Gasteiger partial charge in [-0.25, -0.2) is 0 Å². The zero-order chi connectivity index (χ0) is 13.0. The van der Waals surface area contributed by atoms with Crippen LogP contribution in [-0.4, -0.2) is 53.6 Å². The number of likely N-dealkylation sites (tertiary alicyclic amines) is 1. The number of ether oxygens (including phenoxy) is 1. The van der Waals surface area contributed by atoms with Crippen LogP contribution in [-0.2, 0) is 11.3 Å². The Hall–Kier alpha value is -0.940. The molecule has 0 aliphatic carbocycles. The van der Waals surface area contributed by atoms with E-state index in [9.17, 15) is 10.2 Å². The van der Waals surface area contributed by atoms with Crippen LogP contribution in [0.2, 0.25) is 0 Å². The lowest BCUT2D eigenvalue weighted by molar-refractivity contribution is -0.0825. The Labute approximate surface area is 108 Å². The van der Waals surface area contributed by atoms with Crippen LogP contribution < -0.4 is 0 Å². The highest BCUT2D eigenvalue weighted by Crippen LogP contribution is 2.21. The maximum atomic E-state index is 10.1. The van der Waals surface area contributed by atoms with Crippen molar-refractivity contribution in [3.05, 3.63) is 42.3 Å². The zero-order valence-corrected chi connectivity index (χ0v) is 10.6. The summed E-state index contributed by atoms with van der Waals surface area (Å²) in [4.78, 5) is 2.06. The van der Waals surface area contributed by atoms with Gasteiger partial charge < -0.3 is 14.9 Å². The third kappa shape index (κ3) is 2.90. The Morgan fingerprint density at radius 3 is 2.67 bits per heavy atom. The van der Waals surface area contributed by atoms with Crippen LogP contribution in [0.15, 0.2) is 30.3 Å². The van der Waals surface area contributed by atoms with E-state index in [0.717, 1.165) is 6.54 Å². The average molecular weight is 250 g/mol. The number of hydrogen-bond donors (Lipinski definition) is 2. The number of nitrogens with zero attached hydrogens (tertiary/aromatic N) is 1. The van der Waals surface area contributed by atoms with Crippen LogP contribution >= 0.6 is 0 Å². The van der Waals surface area contributed by atoms with Gasteiger partial charge in [-0.2, -0.15) is 0 Å². The Balaban J connectivity index is 2.04. The van der Waals surface area contributed by atoms with Crippen molar-refractivity contribution in [2.45, 2.75) is 24.8 Å². The Bertz CT molecular complexity index is 357. The van der Waals surface area contributed by atoms with Crippen molar-refractivity contribution in [2.75, 3.05) is 20.3 Å². The minimum absolute atomic E-state index is 0.0678. The number of aliphatic hydroxyl groups excluding tert-OH is 2. The fraction of sp³-hybridized carbons (Fsp3) is 0.500. The molecule has 1 saturated heterocycles.